The van der Waals surface area contributed by atoms with Gasteiger partial charge in [-0.25, -0.2) is 0 Å². The molecule has 0 heterocycles. The van der Waals surface area contributed by atoms with Gasteiger partial charge in [-0.05, 0) is 88.3 Å². The second-order valence-corrected chi connectivity index (χ2v) is 9.75. The fourth-order valence-corrected chi connectivity index (χ4v) is 5.76. The first kappa shape index (κ1) is 25.9. The van der Waals surface area contributed by atoms with E-state index in [0.717, 1.165) is 31.0 Å². The number of rotatable bonds is 1. The zero-order chi connectivity index (χ0) is 24.0. The van der Waals surface area contributed by atoms with Gasteiger partial charge in [0.15, 0.2) is 0 Å². The van der Waals surface area contributed by atoms with E-state index >= 15 is 0 Å². The van der Waals surface area contributed by atoms with Gasteiger partial charge < -0.3 is 0 Å². The minimum Gasteiger partial charge on any atom is -0.0883 e. The Labute approximate surface area is 225 Å². The number of benzene rings is 4. The number of hydrogen-bond donors (Lipinski definition) is 0. The largest absolute Gasteiger partial charge is 0.0883 e. The molecule has 2 aliphatic carbocycles. The number of allylic oxidation sites excluding steroid dienone is 2. The van der Waals surface area contributed by atoms with Gasteiger partial charge in [0.05, 0.1) is 0 Å². The van der Waals surface area contributed by atoms with Gasteiger partial charge >= 0.3 is 0 Å². The van der Waals surface area contributed by atoms with Crippen molar-refractivity contribution in [1.29, 1.82) is 0 Å². The van der Waals surface area contributed by atoms with Crippen LogP contribution in [0.5, 0.6) is 0 Å². The molecule has 0 fully saturated rings. The fraction of sp³-hybridized carbons (Fsp3) is 0.200. The van der Waals surface area contributed by atoms with Crippen molar-refractivity contribution in [2.24, 2.45) is 0 Å². The Balaban J connectivity index is 0.000000165. The molecule has 0 saturated heterocycles. The van der Waals surface area contributed by atoms with E-state index in [1.165, 1.54) is 55.7 Å². The van der Waals surface area contributed by atoms with Crippen LogP contribution in [0, 0.1) is 0 Å². The van der Waals surface area contributed by atoms with Crippen molar-refractivity contribution in [3.05, 3.63) is 154 Å². The van der Waals surface area contributed by atoms with Gasteiger partial charge in [-0.2, -0.15) is 0 Å². The van der Waals surface area contributed by atoms with Crippen molar-refractivity contribution < 1.29 is 0 Å². The van der Waals surface area contributed by atoms with Crippen LogP contribution in [0.4, 0.5) is 0 Å². The maximum absolute atomic E-state index is 3.54. The molecule has 4 aromatic rings. The third-order valence-electron chi connectivity index (χ3n) is 7.13. The van der Waals surface area contributed by atoms with E-state index in [1.807, 2.05) is 0 Å². The van der Waals surface area contributed by atoms with E-state index in [-0.39, 0.29) is 7.43 Å². The van der Waals surface area contributed by atoms with Crippen LogP contribution < -0.4 is 0 Å². The lowest BCUT2D eigenvalue weighted by atomic mass is 9.94. The topological polar surface area (TPSA) is 0 Å². The first-order valence-corrected chi connectivity index (χ1v) is 13.7. The summed E-state index contributed by atoms with van der Waals surface area (Å²) in [4.78, 5) is 0. The van der Waals surface area contributed by atoms with Crippen LogP contribution in [-0.2, 0) is 25.7 Å². The molecule has 0 unspecified atom stereocenters. The maximum Gasteiger partial charge on any atom is 0.0221 e. The van der Waals surface area contributed by atoms with Gasteiger partial charge in [-0.15, -0.1) is 0 Å². The van der Waals surface area contributed by atoms with E-state index in [4.69, 9.17) is 0 Å². The van der Waals surface area contributed by atoms with Crippen LogP contribution in [0.2, 0.25) is 0 Å². The second kappa shape index (κ2) is 12.2. The van der Waals surface area contributed by atoms with E-state index in [0.29, 0.717) is 0 Å². The summed E-state index contributed by atoms with van der Waals surface area (Å²) in [5.74, 6) is 0. The number of hydrogen-bond acceptors (Lipinski definition) is 0. The summed E-state index contributed by atoms with van der Waals surface area (Å²) in [6.45, 7) is 2.13. The van der Waals surface area contributed by atoms with Crippen LogP contribution in [0.25, 0.3) is 11.1 Å². The number of halogens is 1. The monoisotopic (exact) mass is 534 g/mol. The molecular weight excluding hydrogens is 500 g/mol. The molecule has 182 valence electrons. The summed E-state index contributed by atoms with van der Waals surface area (Å²) in [6, 6.07) is 35.1. The first-order chi connectivity index (χ1) is 17.3. The molecule has 0 nitrogen and oxygen atoms in total. The highest BCUT2D eigenvalue weighted by Crippen LogP contribution is 2.34. The van der Waals surface area contributed by atoms with Gasteiger partial charge in [0.2, 0.25) is 0 Å². The van der Waals surface area contributed by atoms with Crippen LogP contribution in [0.15, 0.2) is 109 Å². The van der Waals surface area contributed by atoms with Crippen molar-refractivity contribution in [3.8, 4) is 0 Å². The number of aryl methyl sites for hydroxylation is 4. The molecule has 6 rings (SSSR count). The van der Waals surface area contributed by atoms with E-state index < -0.39 is 0 Å². The van der Waals surface area contributed by atoms with Crippen LogP contribution >= 0.6 is 15.9 Å². The predicted molar refractivity (Wildman–Crippen MR) is 161 cm³/mol. The van der Waals surface area contributed by atoms with Crippen molar-refractivity contribution in [2.45, 2.75) is 40.0 Å². The van der Waals surface area contributed by atoms with Crippen molar-refractivity contribution in [2.75, 3.05) is 5.33 Å². The Morgan fingerprint density at radius 2 is 0.833 bits per heavy atom. The lowest BCUT2D eigenvalue weighted by Crippen LogP contribution is -1.92. The highest BCUT2D eigenvalue weighted by atomic mass is 79.9. The van der Waals surface area contributed by atoms with Gasteiger partial charge in [-0.1, -0.05) is 133 Å². The summed E-state index contributed by atoms with van der Waals surface area (Å²) in [5, 5.41) is 0.894. The highest BCUT2D eigenvalue weighted by Gasteiger charge is 2.17. The number of fused-ring (bicyclic) bond motifs is 4. The highest BCUT2D eigenvalue weighted by molar-refractivity contribution is 9.09. The van der Waals surface area contributed by atoms with Crippen LogP contribution in [-0.4, -0.2) is 5.33 Å². The average molecular weight is 536 g/mol. The molecule has 0 aliphatic heterocycles. The first-order valence-electron chi connectivity index (χ1n) is 12.6. The Kier molecular flexibility index (Phi) is 8.78. The van der Waals surface area contributed by atoms with Crippen LogP contribution in [0.3, 0.4) is 0 Å². The molecule has 2 aliphatic rings. The quantitative estimate of drug-likeness (QED) is 0.213. The molecular formula is C35H35Br. The zero-order valence-electron chi connectivity index (χ0n) is 20.3. The lowest BCUT2D eigenvalue weighted by molar-refractivity contribution is 0.965. The smallest absolute Gasteiger partial charge is 0.0221 e. The minimum absolute atomic E-state index is 0. The molecule has 0 aromatic heterocycles. The summed E-state index contributed by atoms with van der Waals surface area (Å²) in [5.41, 5.74) is 14.2. The fourth-order valence-electron chi connectivity index (χ4n) is 5.44. The molecule has 0 saturated carbocycles. The van der Waals surface area contributed by atoms with Gasteiger partial charge in [0.1, 0.15) is 0 Å². The Morgan fingerprint density at radius 3 is 1.14 bits per heavy atom. The SMILES string of the molecule is BrCC=C1c2ccccc2CCc2ccccc21.C.CC=C1c2ccccc2CCc2ccccc21. The Bertz CT molecular complexity index is 1290. The van der Waals surface area contributed by atoms with Crippen molar-refractivity contribution in [1.82, 2.24) is 0 Å². The van der Waals surface area contributed by atoms with Crippen LogP contribution in [0.1, 0.15) is 58.9 Å². The zero-order valence-corrected chi connectivity index (χ0v) is 21.9. The minimum atomic E-state index is 0. The molecule has 4 aromatic carbocycles. The summed E-state index contributed by atoms with van der Waals surface area (Å²) >= 11 is 3.54. The normalized spacial score (nSPS) is 13.2. The molecule has 36 heavy (non-hydrogen) atoms. The lowest BCUT2D eigenvalue weighted by Gasteiger charge is -2.11. The standard InChI is InChI=1S/C17H15Br.C17H16.CH4/c18-12-11-17-15-7-3-1-5-13(15)9-10-14-6-2-4-8-16(14)17;1-2-15-16-9-5-3-7-13(16)11-12-14-8-4-6-10-17(14)15;/h1-8,11H,9-10,12H2;2-10H,11-12H2,1H3;1H4. The molecule has 0 spiro atoms. The summed E-state index contributed by atoms with van der Waals surface area (Å²) in [6.07, 6.45) is 9.07. The number of alkyl halides is 1. The van der Waals surface area contributed by atoms with Crippen molar-refractivity contribution in [3.63, 3.8) is 0 Å². The third-order valence-corrected chi connectivity index (χ3v) is 7.45. The molecule has 0 bridgehead atoms. The van der Waals surface area contributed by atoms with Gasteiger partial charge in [0.25, 0.3) is 0 Å². The predicted octanol–water partition coefficient (Wildman–Crippen LogP) is 9.48. The van der Waals surface area contributed by atoms with Gasteiger partial charge in [-0.3, -0.25) is 0 Å². The van der Waals surface area contributed by atoms with E-state index in [9.17, 15) is 0 Å². The third kappa shape index (κ3) is 5.32. The Morgan fingerprint density at radius 1 is 0.528 bits per heavy atom. The summed E-state index contributed by atoms with van der Waals surface area (Å²) in [7, 11) is 0. The molecule has 0 amide bonds. The average Bonchev–Trinajstić information content (AvgIpc) is 3.18. The molecule has 0 atom stereocenters. The van der Waals surface area contributed by atoms with E-state index in [1.54, 1.807) is 0 Å². The van der Waals surface area contributed by atoms with Gasteiger partial charge in [0, 0.05) is 5.33 Å². The Hall–Kier alpha value is -3.16. The van der Waals surface area contributed by atoms with E-state index in [2.05, 4.69) is 132 Å². The maximum atomic E-state index is 3.54. The molecule has 0 radical (unpaired) electrons. The van der Waals surface area contributed by atoms with Crippen molar-refractivity contribution >= 4 is 27.1 Å². The summed E-state index contributed by atoms with van der Waals surface area (Å²) < 4.78 is 0. The second-order valence-electron chi connectivity index (χ2n) is 9.10. The molecule has 1 heteroatoms. The molecule has 0 N–H and O–H groups in total.